The number of fused-ring (bicyclic) bond motifs is 2. The fourth-order valence-corrected chi connectivity index (χ4v) is 4.77. The molecule has 5 rings (SSSR count). The fraction of sp³-hybridized carbons (Fsp3) is 0.207. The summed E-state index contributed by atoms with van der Waals surface area (Å²) in [5, 5.41) is 26.3. The maximum atomic E-state index is 13.6. The van der Waals surface area contributed by atoms with E-state index in [0.717, 1.165) is 10.9 Å². The van der Waals surface area contributed by atoms with Gasteiger partial charge >= 0.3 is 0 Å². The van der Waals surface area contributed by atoms with Gasteiger partial charge in [-0.15, -0.1) is 0 Å². The van der Waals surface area contributed by atoms with E-state index in [1.807, 2.05) is 48.5 Å². The molecule has 1 aromatic heterocycles. The van der Waals surface area contributed by atoms with E-state index < -0.39 is 11.5 Å². The highest BCUT2D eigenvalue weighted by atomic mass is 16.3. The topological polar surface area (TPSA) is 95.7 Å². The second kappa shape index (κ2) is 9.53. The molecule has 0 spiro atoms. The molecule has 0 bridgehead atoms. The Morgan fingerprint density at radius 2 is 1.72 bits per heavy atom. The number of amides is 1. The minimum absolute atomic E-state index is 0.00908. The average molecular weight is 482 g/mol. The van der Waals surface area contributed by atoms with Gasteiger partial charge in [0.1, 0.15) is 0 Å². The Bertz CT molecular complexity index is 1510. The molecular weight excluding hydrogens is 454 g/mol. The van der Waals surface area contributed by atoms with Crippen LogP contribution in [-0.2, 0) is 16.9 Å². The van der Waals surface area contributed by atoms with Crippen molar-refractivity contribution in [2.24, 2.45) is 5.92 Å². The van der Waals surface area contributed by atoms with E-state index in [-0.39, 0.29) is 24.6 Å². The largest absolute Gasteiger partial charge is 0.396 e. The maximum Gasteiger partial charge on any atom is 0.279 e. The van der Waals surface area contributed by atoms with Crippen molar-refractivity contribution in [1.29, 1.82) is 0 Å². The van der Waals surface area contributed by atoms with Crippen molar-refractivity contribution in [2.45, 2.75) is 25.5 Å². The Hall–Kier alpha value is -4.07. The Balaban J connectivity index is 1.43. The van der Waals surface area contributed by atoms with E-state index in [0.29, 0.717) is 28.7 Å². The number of carbonyl (C=O) groups is 1. The standard InChI is InChI=1S/C29H27N3O4/c1-20(8-6-7-17-33)29(36)25-11-4-5-12-26(25)31(28(29)35)19-21-13-15-23(16-14-21)32-27(34)24-10-3-2-9-22(24)18-30-32/h2-6,8-16,18,20,33,36H,7,17,19H2,1H3/b8-6+/t20-,29+/m1/s1. The maximum absolute atomic E-state index is 13.6. The van der Waals surface area contributed by atoms with Gasteiger partial charge < -0.3 is 15.1 Å². The molecule has 7 nitrogen and oxygen atoms in total. The van der Waals surface area contributed by atoms with Crippen LogP contribution in [0.2, 0.25) is 0 Å². The Morgan fingerprint density at radius 1 is 1.00 bits per heavy atom. The lowest BCUT2D eigenvalue weighted by molar-refractivity contribution is -0.139. The van der Waals surface area contributed by atoms with Crippen LogP contribution in [0.5, 0.6) is 0 Å². The number of para-hydroxylation sites is 1. The third-order valence-electron chi connectivity index (χ3n) is 6.77. The summed E-state index contributed by atoms with van der Waals surface area (Å²) in [4.78, 5) is 28.1. The molecule has 4 aromatic rings. The van der Waals surface area contributed by atoms with Crippen LogP contribution in [0.25, 0.3) is 16.5 Å². The summed E-state index contributed by atoms with van der Waals surface area (Å²) in [6.45, 7) is 2.08. The van der Waals surface area contributed by atoms with Gasteiger partial charge in [0.15, 0.2) is 5.60 Å². The Labute approximate surface area is 208 Å². The van der Waals surface area contributed by atoms with Crippen molar-refractivity contribution in [2.75, 3.05) is 11.5 Å². The number of benzene rings is 3. The number of hydrogen-bond donors (Lipinski definition) is 2. The van der Waals surface area contributed by atoms with E-state index in [1.54, 1.807) is 54.4 Å². The highest BCUT2D eigenvalue weighted by Gasteiger charge is 2.52. The van der Waals surface area contributed by atoms with Gasteiger partial charge in [-0.05, 0) is 36.2 Å². The number of aromatic nitrogens is 2. The highest BCUT2D eigenvalue weighted by Crippen LogP contribution is 2.45. The number of aliphatic hydroxyl groups is 2. The van der Waals surface area contributed by atoms with Crippen molar-refractivity contribution < 1.29 is 15.0 Å². The van der Waals surface area contributed by atoms with E-state index in [2.05, 4.69) is 5.10 Å². The third kappa shape index (κ3) is 3.92. The predicted octanol–water partition coefficient (Wildman–Crippen LogP) is 3.69. The van der Waals surface area contributed by atoms with Crippen LogP contribution in [0, 0.1) is 5.92 Å². The van der Waals surface area contributed by atoms with E-state index in [4.69, 9.17) is 5.11 Å². The van der Waals surface area contributed by atoms with Gasteiger partial charge in [0.05, 0.1) is 29.5 Å². The molecular formula is C29H27N3O4. The molecule has 0 unspecified atom stereocenters. The van der Waals surface area contributed by atoms with Crippen molar-refractivity contribution >= 4 is 22.4 Å². The molecule has 0 saturated heterocycles. The lowest BCUT2D eigenvalue weighted by Crippen LogP contribution is -2.44. The summed E-state index contributed by atoms with van der Waals surface area (Å²) in [5.74, 6) is -0.864. The molecule has 1 aliphatic heterocycles. The van der Waals surface area contributed by atoms with Crippen molar-refractivity contribution in [3.8, 4) is 5.69 Å². The lowest BCUT2D eigenvalue weighted by atomic mass is 9.83. The predicted molar refractivity (Wildman–Crippen MR) is 139 cm³/mol. The van der Waals surface area contributed by atoms with E-state index >= 15 is 0 Å². The second-order valence-electron chi connectivity index (χ2n) is 9.02. The number of rotatable bonds is 7. The van der Waals surface area contributed by atoms with Gasteiger partial charge in [0, 0.05) is 23.5 Å². The van der Waals surface area contributed by atoms with Crippen LogP contribution in [0.15, 0.2) is 95.9 Å². The molecule has 0 aliphatic carbocycles. The van der Waals surface area contributed by atoms with Crippen molar-refractivity contribution in [3.63, 3.8) is 0 Å². The Kier molecular flexibility index (Phi) is 6.26. The zero-order valence-electron chi connectivity index (χ0n) is 19.9. The SMILES string of the molecule is C[C@H](/C=C/CCO)[C@@]1(O)C(=O)N(Cc2ccc(-n3ncc4ccccc4c3=O)cc2)c2ccccc21. The third-order valence-corrected chi connectivity index (χ3v) is 6.77. The van der Waals surface area contributed by atoms with Gasteiger partial charge in [-0.1, -0.05) is 67.6 Å². The van der Waals surface area contributed by atoms with Gasteiger partial charge in [-0.2, -0.15) is 9.78 Å². The first-order chi connectivity index (χ1) is 17.4. The van der Waals surface area contributed by atoms with E-state index in [9.17, 15) is 14.7 Å². The van der Waals surface area contributed by atoms with Gasteiger partial charge in [0.25, 0.3) is 11.5 Å². The zero-order chi connectivity index (χ0) is 25.3. The molecule has 36 heavy (non-hydrogen) atoms. The summed E-state index contributed by atoms with van der Waals surface area (Å²) in [6.07, 6.45) is 5.68. The first kappa shape index (κ1) is 23.7. The molecule has 2 atom stereocenters. The average Bonchev–Trinajstić information content (AvgIpc) is 3.12. The molecule has 0 radical (unpaired) electrons. The zero-order valence-corrected chi connectivity index (χ0v) is 19.9. The van der Waals surface area contributed by atoms with Gasteiger partial charge in [0.2, 0.25) is 0 Å². The molecule has 1 aliphatic rings. The van der Waals surface area contributed by atoms with Crippen LogP contribution in [-0.4, -0.2) is 32.5 Å². The number of aliphatic hydroxyl groups excluding tert-OH is 1. The van der Waals surface area contributed by atoms with Gasteiger partial charge in [-0.25, -0.2) is 0 Å². The number of nitrogens with zero attached hydrogens (tertiary/aromatic N) is 3. The normalized spacial score (nSPS) is 18.2. The summed E-state index contributed by atoms with van der Waals surface area (Å²) < 4.78 is 1.36. The quantitative estimate of drug-likeness (QED) is 0.393. The number of carbonyl (C=O) groups excluding carboxylic acids is 1. The highest BCUT2D eigenvalue weighted by molar-refractivity contribution is 6.07. The summed E-state index contributed by atoms with van der Waals surface area (Å²) in [6, 6.07) is 21.9. The van der Waals surface area contributed by atoms with Crippen LogP contribution in [0.4, 0.5) is 5.69 Å². The number of anilines is 1. The molecule has 2 heterocycles. The molecule has 182 valence electrons. The van der Waals surface area contributed by atoms with Gasteiger partial charge in [-0.3, -0.25) is 9.59 Å². The minimum atomic E-state index is -1.69. The summed E-state index contributed by atoms with van der Waals surface area (Å²) >= 11 is 0. The van der Waals surface area contributed by atoms with Crippen LogP contribution in [0.3, 0.4) is 0 Å². The monoisotopic (exact) mass is 481 g/mol. The molecule has 7 heteroatoms. The first-order valence-corrected chi connectivity index (χ1v) is 11.9. The number of hydrogen-bond acceptors (Lipinski definition) is 5. The lowest BCUT2D eigenvalue weighted by Gasteiger charge is -2.27. The van der Waals surface area contributed by atoms with Crippen LogP contribution >= 0.6 is 0 Å². The smallest absolute Gasteiger partial charge is 0.279 e. The fourth-order valence-electron chi connectivity index (χ4n) is 4.77. The summed E-state index contributed by atoms with van der Waals surface area (Å²) in [7, 11) is 0. The molecule has 3 aromatic carbocycles. The molecule has 1 amide bonds. The molecule has 2 N–H and O–H groups in total. The van der Waals surface area contributed by atoms with Crippen molar-refractivity contribution in [3.05, 3.63) is 113 Å². The van der Waals surface area contributed by atoms with E-state index in [1.165, 1.54) is 4.68 Å². The Morgan fingerprint density at radius 3 is 2.50 bits per heavy atom. The van der Waals surface area contributed by atoms with Crippen molar-refractivity contribution in [1.82, 2.24) is 9.78 Å². The van der Waals surface area contributed by atoms with Crippen LogP contribution < -0.4 is 10.5 Å². The first-order valence-electron chi connectivity index (χ1n) is 11.9. The minimum Gasteiger partial charge on any atom is -0.396 e. The molecule has 0 fully saturated rings. The second-order valence-corrected chi connectivity index (χ2v) is 9.02. The van der Waals surface area contributed by atoms with Crippen LogP contribution in [0.1, 0.15) is 24.5 Å². The molecule has 0 saturated carbocycles. The summed E-state index contributed by atoms with van der Waals surface area (Å²) in [5.41, 5.74) is 0.830.